The third-order valence-electron chi connectivity index (χ3n) is 6.53. The summed E-state index contributed by atoms with van der Waals surface area (Å²) in [6.07, 6.45) is 5.61. The Hall–Kier alpha value is -4.86. The van der Waals surface area contributed by atoms with E-state index >= 15 is 0 Å². The number of fused-ring (bicyclic) bond motifs is 2. The molecule has 0 saturated heterocycles. The lowest BCUT2D eigenvalue weighted by molar-refractivity contribution is -0.119. The second-order valence-corrected chi connectivity index (χ2v) is 8.82. The van der Waals surface area contributed by atoms with Crippen LogP contribution in [0.3, 0.4) is 0 Å². The molecule has 1 amide bonds. The minimum absolute atomic E-state index is 0.0953. The van der Waals surface area contributed by atoms with E-state index in [1.807, 2.05) is 4.40 Å². The first kappa shape index (κ1) is 21.7. The number of benzene rings is 2. The SMILES string of the molecule is C[C@@]1(c2ccc(O)cc2)C(=O)Nc2nc(-c3cn4ccnc4c(Cc4ccc(F)cc4)n3)nc(N)c21. The molecule has 5 aromatic rings. The Morgan fingerprint density at radius 3 is 2.58 bits per heavy atom. The molecule has 0 aliphatic carbocycles. The molecule has 1 aliphatic rings. The summed E-state index contributed by atoms with van der Waals surface area (Å²) in [5.74, 6) is 0.198. The Bertz CT molecular complexity index is 1650. The van der Waals surface area contributed by atoms with Crippen molar-refractivity contribution in [3.05, 3.63) is 95.3 Å². The second-order valence-electron chi connectivity index (χ2n) is 8.82. The van der Waals surface area contributed by atoms with Crippen molar-refractivity contribution in [1.82, 2.24) is 24.3 Å². The van der Waals surface area contributed by atoms with Crippen molar-refractivity contribution in [3.8, 4) is 17.3 Å². The number of carbonyl (C=O) groups is 1. The summed E-state index contributed by atoms with van der Waals surface area (Å²) in [6.45, 7) is 1.75. The van der Waals surface area contributed by atoms with Crippen LogP contribution in [0.1, 0.15) is 29.3 Å². The number of amides is 1. The minimum atomic E-state index is -1.12. The van der Waals surface area contributed by atoms with E-state index in [1.54, 1.807) is 49.8 Å². The normalized spacial score (nSPS) is 16.8. The van der Waals surface area contributed by atoms with Gasteiger partial charge in [-0.25, -0.2) is 24.3 Å². The molecule has 1 atom stereocenters. The van der Waals surface area contributed by atoms with Crippen molar-refractivity contribution in [2.75, 3.05) is 11.1 Å². The number of hydrogen-bond donors (Lipinski definition) is 3. The molecule has 9 nitrogen and oxygen atoms in total. The molecule has 36 heavy (non-hydrogen) atoms. The number of phenols is 1. The average Bonchev–Trinajstić information content (AvgIpc) is 3.44. The first-order valence-electron chi connectivity index (χ1n) is 11.2. The molecule has 0 bridgehead atoms. The smallest absolute Gasteiger partial charge is 0.240 e. The van der Waals surface area contributed by atoms with Crippen LogP contribution in [0.15, 0.2) is 67.1 Å². The van der Waals surface area contributed by atoms with Crippen molar-refractivity contribution in [1.29, 1.82) is 0 Å². The number of imidazole rings is 1. The Morgan fingerprint density at radius 1 is 1.08 bits per heavy atom. The van der Waals surface area contributed by atoms with Crippen molar-refractivity contribution < 1.29 is 14.3 Å². The number of rotatable bonds is 4. The monoisotopic (exact) mass is 481 g/mol. The number of nitrogens with zero attached hydrogens (tertiary/aromatic N) is 5. The van der Waals surface area contributed by atoms with Gasteiger partial charge < -0.3 is 20.6 Å². The van der Waals surface area contributed by atoms with E-state index in [4.69, 9.17) is 10.7 Å². The molecule has 0 unspecified atom stereocenters. The third-order valence-corrected chi connectivity index (χ3v) is 6.53. The number of nitrogens with two attached hydrogens (primary N) is 1. The molecule has 1 aliphatic heterocycles. The topological polar surface area (TPSA) is 131 Å². The molecule has 3 aromatic heterocycles. The van der Waals surface area contributed by atoms with Crippen LogP contribution in [0.25, 0.3) is 17.2 Å². The van der Waals surface area contributed by atoms with Gasteiger partial charge in [0.1, 0.15) is 34.3 Å². The van der Waals surface area contributed by atoms with Gasteiger partial charge in [-0.15, -0.1) is 0 Å². The molecular weight excluding hydrogens is 461 g/mol. The van der Waals surface area contributed by atoms with Crippen LogP contribution in [0, 0.1) is 5.82 Å². The highest BCUT2D eigenvalue weighted by Gasteiger charge is 2.47. The Kier molecular flexibility index (Phi) is 4.72. The summed E-state index contributed by atoms with van der Waals surface area (Å²) in [5, 5.41) is 12.5. The molecule has 4 N–H and O–H groups in total. The minimum Gasteiger partial charge on any atom is -0.508 e. The van der Waals surface area contributed by atoms with Crippen LogP contribution < -0.4 is 11.1 Å². The number of aromatic hydroxyl groups is 1. The largest absolute Gasteiger partial charge is 0.508 e. The number of nitrogen functional groups attached to an aromatic ring is 1. The summed E-state index contributed by atoms with van der Waals surface area (Å²) in [5.41, 5.74) is 9.04. The van der Waals surface area contributed by atoms with Gasteiger partial charge in [-0.1, -0.05) is 24.3 Å². The molecule has 4 heterocycles. The van der Waals surface area contributed by atoms with Crippen molar-refractivity contribution in [3.63, 3.8) is 0 Å². The highest BCUT2D eigenvalue weighted by Crippen LogP contribution is 2.45. The van der Waals surface area contributed by atoms with Gasteiger partial charge >= 0.3 is 0 Å². The summed E-state index contributed by atoms with van der Waals surface area (Å²) in [4.78, 5) is 31.4. The molecule has 178 valence electrons. The lowest BCUT2D eigenvalue weighted by Crippen LogP contribution is -2.32. The Morgan fingerprint density at radius 2 is 1.83 bits per heavy atom. The second kappa shape index (κ2) is 7.84. The van der Waals surface area contributed by atoms with Gasteiger partial charge in [0.25, 0.3) is 0 Å². The molecule has 2 aromatic carbocycles. The Balaban J connectivity index is 1.45. The average molecular weight is 481 g/mol. The molecule has 0 spiro atoms. The standard InChI is InChI=1S/C26H20FN7O2/c1-26(15-4-8-17(35)9-5-15)20-21(28)31-22(32-23(20)33-25(26)36)19-13-34-11-10-29-24(34)18(30-19)12-14-2-6-16(27)7-3-14/h2-11,13,35H,12H2,1H3,(H3,28,31,32,33,36)/t26-/m0/s1. The fraction of sp³-hybridized carbons (Fsp3) is 0.115. The van der Waals surface area contributed by atoms with E-state index < -0.39 is 5.41 Å². The molecule has 0 radical (unpaired) electrons. The fourth-order valence-corrected chi connectivity index (χ4v) is 4.61. The highest BCUT2D eigenvalue weighted by molar-refractivity contribution is 6.09. The van der Waals surface area contributed by atoms with Crippen LogP contribution in [-0.4, -0.2) is 35.4 Å². The molecule has 10 heteroatoms. The Labute approximate surface area is 204 Å². The molecule has 0 fully saturated rings. The van der Waals surface area contributed by atoms with Crippen LogP contribution >= 0.6 is 0 Å². The van der Waals surface area contributed by atoms with Crippen molar-refractivity contribution >= 4 is 23.2 Å². The summed E-state index contributed by atoms with van der Waals surface area (Å²) in [6, 6.07) is 12.6. The zero-order valence-electron chi connectivity index (χ0n) is 19.1. The fourth-order valence-electron chi connectivity index (χ4n) is 4.61. The summed E-state index contributed by atoms with van der Waals surface area (Å²) >= 11 is 0. The maximum absolute atomic E-state index is 13.4. The van der Waals surface area contributed by atoms with Crippen molar-refractivity contribution in [2.24, 2.45) is 0 Å². The van der Waals surface area contributed by atoms with Gasteiger partial charge in [0.15, 0.2) is 11.5 Å². The van der Waals surface area contributed by atoms with Gasteiger partial charge in [-0.3, -0.25) is 4.79 Å². The quantitative estimate of drug-likeness (QED) is 0.358. The first-order valence-corrected chi connectivity index (χ1v) is 11.2. The number of phenolic OH excluding ortho intramolecular Hbond substituents is 1. The van der Waals surface area contributed by atoms with E-state index in [0.29, 0.717) is 40.4 Å². The molecule has 0 saturated carbocycles. The van der Waals surface area contributed by atoms with E-state index in [0.717, 1.165) is 5.56 Å². The van der Waals surface area contributed by atoms with Crippen LogP contribution in [0.4, 0.5) is 16.0 Å². The zero-order valence-corrected chi connectivity index (χ0v) is 19.1. The van der Waals surface area contributed by atoms with E-state index in [1.165, 1.54) is 24.3 Å². The molecule has 6 rings (SSSR count). The number of halogens is 1. The van der Waals surface area contributed by atoms with Gasteiger partial charge in [0.2, 0.25) is 5.91 Å². The summed E-state index contributed by atoms with van der Waals surface area (Å²) < 4.78 is 15.2. The number of hydrogen-bond acceptors (Lipinski definition) is 7. The van der Waals surface area contributed by atoms with Crippen LogP contribution in [0.2, 0.25) is 0 Å². The third kappa shape index (κ3) is 3.34. The van der Waals surface area contributed by atoms with E-state index in [-0.39, 0.29) is 29.1 Å². The van der Waals surface area contributed by atoms with Gasteiger partial charge in [-0.05, 0) is 42.3 Å². The predicted molar refractivity (Wildman–Crippen MR) is 131 cm³/mol. The number of aromatic nitrogens is 5. The van der Waals surface area contributed by atoms with E-state index in [2.05, 4.69) is 20.3 Å². The molecular formula is C26H20FN7O2. The van der Waals surface area contributed by atoms with Crippen LogP contribution in [-0.2, 0) is 16.6 Å². The number of anilines is 2. The number of nitrogens with one attached hydrogen (secondary N) is 1. The lowest BCUT2D eigenvalue weighted by Gasteiger charge is -2.23. The lowest BCUT2D eigenvalue weighted by atomic mass is 9.78. The predicted octanol–water partition coefficient (Wildman–Crippen LogP) is 3.46. The highest BCUT2D eigenvalue weighted by atomic mass is 19.1. The first-order chi connectivity index (χ1) is 17.3. The van der Waals surface area contributed by atoms with Crippen LogP contribution in [0.5, 0.6) is 5.75 Å². The summed E-state index contributed by atoms with van der Waals surface area (Å²) in [7, 11) is 0. The van der Waals surface area contributed by atoms with Gasteiger partial charge in [0, 0.05) is 25.0 Å². The zero-order chi connectivity index (χ0) is 25.0. The van der Waals surface area contributed by atoms with Gasteiger partial charge in [0.05, 0.1) is 11.3 Å². The maximum Gasteiger partial charge on any atom is 0.240 e. The van der Waals surface area contributed by atoms with Gasteiger partial charge in [-0.2, -0.15) is 0 Å². The number of carbonyl (C=O) groups excluding carboxylic acids is 1. The van der Waals surface area contributed by atoms with E-state index in [9.17, 15) is 14.3 Å². The maximum atomic E-state index is 13.4. The van der Waals surface area contributed by atoms with Crippen molar-refractivity contribution in [2.45, 2.75) is 18.8 Å².